The van der Waals surface area contributed by atoms with Crippen molar-refractivity contribution >= 4 is 22.6 Å². The van der Waals surface area contributed by atoms with Gasteiger partial charge in [-0.2, -0.15) is 0 Å². The van der Waals surface area contributed by atoms with E-state index in [1.54, 1.807) is 6.26 Å². The SMILES string of the molecule is Clc1ccc(-c2coc3ccccc23)cc1. The molecule has 16 heavy (non-hydrogen) atoms. The lowest BCUT2D eigenvalue weighted by molar-refractivity contribution is 0.617. The maximum absolute atomic E-state index is 5.87. The summed E-state index contributed by atoms with van der Waals surface area (Å²) >= 11 is 5.87. The Morgan fingerprint density at radius 2 is 1.62 bits per heavy atom. The van der Waals surface area contributed by atoms with Crippen molar-refractivity contribution in [2.45, 2.75) is 0 Å². The molecule has 0 aliphatic rings. The van der Waals surface area contributed by atoms with Crippen LogP contribution in [0.2, 0.25) is 5.02 Å². The van der Waals surface area contributed by atoms with E-state index >= 15 is 0 Å². The van der Waals surface area contributed by atoms with Crippen molar-refractivity contribution in [2.24, 2.45) is 0 Å². The lowest BCUT2D eigenvalue weighted by Crippen LogP contribution is -1.74. The molecule has 0 atom stereocenters. The minimum atomic E-state index is 0.747. The van der Waals surface area contributed by atoms with Gasteiger partial charge in [-0.1, -0.05) is 41.9 Å². The second-order valence-corrected chi connectivity index (χ2v) is 4.09. The molecule has 0 aliphatic heterocycles. The Morgan fingerprint density at radius 1 is 0.875 bits per heavy atom. The number of para-hydroxylation sites is 1. The summed E-state index contributed by atoms with van der Waals surface area (Å²) in [5.74, 6) is 0. The molecular formula is C14H9ClO. The third kappa shape index (κ3) is 1.50. The average molecular weight is 229 g/mol. The first-order valence-corrected chi connectivity index (χ1v) is 5.44. The Kier molecular flexibility index (Phi) is 2.19. The molecule has 0 N–H and O–H groups in total. The van der Waals surface area contributed by atoms with Crippen molar-refractivity contribution in [3.05, 3.63) is 59.8 Å². The molecule has 1 nitrogen and oxygen atoms in total. The zero-order valence-electron chi connectivity index (χ0n) is 8.48. The fourth-order valence-corrected chi connectivity index (χ4v) is 1.96. The maximum Gasteiger partial charge on any atom is 0.134 e. The van der Waals surface area contributed by atoms with E-state index < -0.39 is 0 Å². The van der Waals surface area contributed by atoms with Gasteiger partial charge in [0.25, 0.3) is 0 Å². The summed E-state index contributed by atoms with van der Waals surface area (Å²) < 4.78 is 5.50. The summed E-state index contributed by atoms with van der Waals surface area (Å²) in [6.45, 7) is 0. The van der Waals surface area contributed by atoms with E-state index in [0.717, 1.165) is 27.1 Å². The molecule has 78 valence electrons. The molecule has 1 aromatic heterocycles. The fraction of sp³-hybridized carbons (Fsp3) is 0. The molecule has 0 amide bonds. The van der Waals surface area contributed by atoms with E-state index in [1.807, 2.05) is 42.5 Å². The second-order valence-electron chi connectivity index (χ2n) is 3.65. The highest BCUT2D eigenvalue weighted by atomic mass is 35.5. The maximum atomic E-state index is 5.87. The Balaban J connectivity index is 2.22. The first kappa shape index (κ1) is 9.49. The largest absolute Gasteiger partial charge is 0.464 e. The first-order valence-electron chi connectivity index (χ1n) is 5.07. The lowest BCUT2D eigenvalue weighted by atomic mass is 10.1. The van der Waals surface area contributed by atoms with E-state index in [1.165, 1.54) is 0 Å². The van der Waals surface area contributed by atoms with E-state index in [2.05, 4.69) is 6.07 Å². The highest BCUT2D eigenvalue weighted by Crippen LogP contribution is 2.30. The van der Waals surface area contributed by atoms with Gasteiger partial charge in [0.1, 0.15) is 5.58 Å². The third-order valence-corrected chi connectivity index (χ3v) is 2.89. The molecule has 2 aromatic carbocycles. The van der Waals surface area contributed by atoms with Crippen molar-refractivity contribution < 1.29 is 4.42 Å². The Hall–Kier alpha value is -1.73. The first-order chi connectivity index (χ1) is 7.84. The Labute approximate surface area is 98.3 Å². The van der Waals surface area contributed by atoms with Crippen LogP contribution in [0.1, 0.15) is 0 Å². The van der Waals surface area contributed by atoms with Gasteiger partial charge in [-0.25, -0.2) is 0 Å². The van der Waals surface area contributed by atoms with Crippen LogP contribution in [0.5, 0.6) is 0 Å². The standard InChI is InChI=1S/C14H9ClO/c15-11-7-5-10(6-8-11)13-9-16-14-4-2-1-3-12(13)14/h1-9H. The number of halogens is 1. The van der Waals surface area contributed by atoms with Gasteiger partial charge >= 0.3 is 0 Å². The van der Waals surface area contributed by atoms with Gasteiger partial charge in [-0.05, 0) is 23.8 Å². The lowest BCUT2D eigenvalue weighted by Gasteiger charge is -1.98. The molecule has 0 bridgehead atoms. The highest BCUT2D eigenvalue weighted by molar-refractivity contribution is 6.30. The van der Waals surface area contributed by atoms with E-state index in [4.69, 9.17) is 16.0 Å². The Morgan fingerprint density at radius 3 is 2.44 bits per heavy atom. The van der Waals surface area contributed by atoms with Crippen molar-refractivity contribution in [2.75, 3.05) is 0 Å². The third-order valence-electron chi connectivity index (χ3n) is 2.64. The number of fused-ring (bicyclic) bond motifs is 1. The molecule has 0 fully saturated rings. The average Bonchev–Trinajstić information content (AvgIpc) is 2.74. The van der Waals surface area contributed by atoms with Crippen molar-refractivity contribution in [3.63, 3.8) is 0 Å². The molecule has 3 aromatic rings. The second kappa shape index (κ2) is 3.69. The smallest absolute Gasteiger partial charge is 0.134 e. The van der Waals surface area contributed by atoms with Crippen molar-refractivity contribution in [1.82, 2.24) is 0 Å². The minimum absolute atomic E-state index is 0.747. The zero-order valence-corrected chi connectivity index (χ0v) is 9.24. The summed E-state index contributed by atoms with van der Waals surface area (Å²) in [6.07, 6.45) is 1.79. The topological polar surface area (TPSA) is 13.1 Å². The summed E-state index contributed by atoms with van der Waals surface area (Å²) in [7, 11) is 0. The van der Waals surface area contributed by atoms with Crippen LogP contribution >= 0.6 is 11.6 Å². The van der Waals surface area contributed by atoms with Crippen LogP contribution in [-0.4, -0.2) is 0 Å². The molecule has 2 heteroatoms. The van der Waals surface area contributed by atoms with Crippen molar-refractivity contribution in [3.8, 4) is 11.1 Å². The molecule has 0 radical (unpaired) electrons. The molecule has 0 saturated carbocycles. The number of hydrogen-bond donors (Lipinski definition) is 0. The van der Waals surface area contributed by atoms with Crippen molar-refractivity contribution in [1.29, 1.82) is 0 Å². The molecular weight excluding hydrogens is 220 g/mol. The van der Waals surface area contributed by atoms with Crippen LogP contribution in [0.4, 0.5) is 0 Å². The van der Waals surface area contributed by atoms with Gasteiger partial charge in [0.15, 0.2) is 0 Å². The predicted molar refractivity (Wildman–Crippen MR) is 66.7 cm³/mol. The number of hydrogen-bond acceptors (Lipinski definition) is 1. The fourth-order valence-electron chi connectivity index (χ4n) is 1.83. The molecule has 1 heterocycles. The normalized spacial score (nSPS) is 10.8. The number of rotatable bonds is 1. The minimum Gasteiger partial charge on any atom is -0.464 e. The van der Waals surface area contributed by atoms with Gasteiger partial charge in [0.05, 0.1) is 6.26 Å². The van der Waals surface area contributed by atoms with Gasteiger partial charge in [-0.15, -0.1) is 0 Å². The van der Waals surface area contributed by atoms with Gasteiger partial charge in [-0.3, -0.25) is 0 Å². The summed E-state index contributed by atoms with van der Waals surface area (Å²) in [4.78, 5) is 0. The summed E-state index contributed by atoms with van der Waals surface area (Å²) in [5, 5.41) is 1.88. The van der Waals surface area contributed by atoms with Gasteiger partial charge < -0.3 is 4.42 Å². The molecule has 0 saturated heterocycles. The Bertz CT molecular complexity index is 623. The van der Waals surface area contributed by atoms with Crippen LogP contribution in [0.25, 0.3) is 22.1 Å². The summed E-state index contributed by atoms with van der Waals surface area (Å²) in [6, 6.07) is 15.8. The van der Waals surface area contributed by atoms with Crippen LogP contribution in [0.3, 0.4) is 0 Å². The monoisotopic (exact) mass is 228 g/mol. The van der Waals surface area contributed by atoms with Gasteiger partial charge in [0.2, 0.25) is 0 Å². The molecule has 0 unspecified atom stereocenters. The summed E-state index contributed by atoms with van der Waals surface area (Å²) in [5.41, 5.74) is 3.13. The van der Waals surface area contributed by atoms with E-state index in [0.29, 0.717) is 0 Å². The number of benzene rings is 2. The van der Waals surface area contributed by atoms with Crippen LogP contribution in [0.15, 0.2) is 59.2 Å². The predicted octanol–water partition coefficient (Wildman–Crippen LogP) is 4.75. The van der Waals surface area contributed by atoms with Crippen LogP contribution < -0.4 is 0 Å². The molecule has 3 rings (SSSR count). The zero-order chi connectivity index (χ0) is 11.0. The van der Waals surface area contributed by atoms with Crippen LogP contribution in [-0.2, 0) is 0 Å². The number of furan rings is 1. The van der Waals surface area contributed by atoms with Gasteiger partial charge in [0, 0.05) is 16.0 Å². The quantitative estimate of drug-likeness (QED) is 0.586. The van der Waals surface area contributed by atoms with E-state index in [-0.39, 0.29) is 0 Å². The highest BCUT2D eigenvalue weighted by Gasteiger charge is 2.06. The van der Waals surface area contributed by atoms with Crippen LogP contribution in [0, 0.1) is 0 Å². The molecule has 0 aliphatic carbocycles. The molecule has 0 spiro atoms. The van der Waals surface area contributed by atoms with E-state index in [9.17, 15) is 0 Å².